The number of ether oxygens (including phenoxy) is 2. The summed E-state index contributed by atoms with van der Waals surface area (Å²) in [7, 11) is 3.36. The molecule has 0 radical (unpaired) electrons. The summed E-state index contributed by atoms with van der Waals surface area (Å²) in [6, 6.07) is 13.4. The number of hydrogen-bond acceptors (Lipinski definition) is 5. The molecule has 0 aliphatic rings. The number of allylic oxidation sites excluding steroid dienone is 1. The first-order chi connectivity index (χ1) is 14.5. The number of nitrogens with zero attached hydrogens (tertiary/aromatic N) is 4. The van der Waals surface area contributed by atoms with Crippen LogP contribution in [0.5, 0.6) is 11.5 Å². The standard InChI is InChI=1S/C23H26N4O3/c1-5-6-18-7-12-21(22(13-18)29-4)30-14-23(28)26(3)17(2)19-8-10-20(11-9-19)27-16-24-15-25-27/h5-13,15-17H,14H2,1-4H3/b6-5+/t17-/m1/s1. The van der Waals surface area contributed by atoms with Crippen molar-refractivity contribution in [3.8, 4) is 17.2 Å². The van der Waals surface area contributed by atoms with Crippen LogP contribution in [-0.4, -0.2) is 46.3 Å². The number of aromatic nitrogens is 3. The smallest absolute Gasteiger partial charge is 0.260 e. The molecule has 0 spiro atoms. The van der Waals surface area contributed by atoms with Crippen molar-refractivity contribution in [1.82, 2.24) is 19.7 Å². The Morgan fingerprint density at radius 1 is 1.20 bits per heavy atom. The normalized spacial score (nSPS) is 12.0. The number of hydrogen-bond donors (Lipinski definition) is 0. The summed E-state index contributed by atoms with van der Waals surface area (Å²) in [6.45, 7) is 3.86. The minimum absolute atomic E-state index is 0.0722. The van der Waals surface area contributed by atoms with Gasteiger partial charge in [-0.2, -0.15) is 5.10 Å². The minimum atomic E-state index is -0.123. The van der Waals surface area contributed by atoms with E-state index in [1.165, 1.54) is 6.33 Å². The lowest BCUT2D eigenvalue weighted by Crippen LogP contribution is -2.33. The average Bonchev–Trinajstić information content (AvgIpc) is 3.32. The summed E-state index contributed by atoms with van der Waals surface area (Å²) in [5.74, 6) is 1.01. The lowest BCUT2D eigenvalue weighted by atomic mass is 10.1. The molecule has 3 aromatic rings. The molecule has 156 valence electrons. The van der Waals surface area contributed by atoms with Crippen LogP contribution in [0.4, 0.5) is 0 Å². The summed E-state index contributed by atoms with van der Waals surface area (Å²) in [4.78, 5) is 18.3. The molecular formula is C23H26N4O3. The van der Waals surface area contributed by atoms with Gasteiger partial charge >= 0.3 is 0 Å². The van der Waals surface area contributed by atoms with Crippen molar-refractivity contribution < 1.29 is 14.3 Å². The fourth-order valence-electron chi connectivity index (χ4n) is 3.03. The highest BCUT2D eigenvalue weighted by Crippen LogP contribution is 2.29. The van der Waals surface area contributed by atoms with E-state index in [2.05, 4.69) is 10.1 Å². The van der Waals surface area contributed by atoms with Gasteiger partial charge in [0, 0.05) is 7.05 Å². The second-order valence-electron chi connectivity index (χ2n) is 6.81. The number of carbonyl (C=O) groups excluding carboxylic acids is 1. The first-order valence-electron chi connectivity index (χ1n) is 9.67. The van der Waals surface area contributed by atoms with Crippen molar-refractivity contribution in [1.29, 1.82) is 0 Å². The molecule has 1 aromatic heterocycles. The first-order valence-corrected chi connectivity index (χ1v) is 9.67. The largest absolute Gasteiger partial charge is 0.493 e. The Kier molecular flexibility index (Phi) is 6.85. The van der Waals surface area contributed by atoms with Gasteiger partial charge in [-0.15, -0.1) is 0 Å². The molecule has 0 aliphatic heterocycles. The lowest BCUT2D eigenvalue weighted by Gasteiger charge is -2.25. The Labute approximate surface area is 176 Å². The molecule has 30 heavy (non-hydrogen) atoms. The quantitative estimate of drug-likeness (QED) is 0.567. The maximum Gasteiger partial charge on any atom is 0.260 e. The molecule has 7 nitrogen and oxygen atoms in total. The SMILES string of the molecule is C/C=C/c1ccc(OCC(=O)N(C)[C@H](C)c2ccc(-n3cncn3)cc2)c(OC)c1. The van der Waals surface area contributed by atoms with Crippen molar-refractivity contribution in [3.05, 3.63) is 72.3 Å². The van der Waals surface area contributed by atoms with Gasteiger partial charge in [0.25, 0.3) is 5.91 Å². The molecule has 0 saturated heterocycles. The van der Waals surface area contributed by atoms with Gasteiger partial charge in [-0.3, -0.25) is 4.79 Å². The summed E-state index contributed by atoms with van der Waals surface area (Å²) in [6.07, 6.45) is 7.06. The van der Waals surface area contributed by atoms with E-state index in [-0.39, 0.29) is 18.6 Å². The third-order valence-corrected chi connectivity index (χ3v) is 4.93. The molecule has 0 aliphatic carbocycles. The summed E-state index contributed by atoms with van der Waals surface area (Å²) < 4.78 is 12.8. The van der Waals surface area contributed by atoms with E-state index in [0.29, 0.717) is 11.5 Å². The Bertz CT molecular complexity index is 998. The predicted molar refractivity (Wildman–Crippen MR) is 116 cm³/mol. The van der Waals surface area contributed by atoms with Gasteiger partial charge < -0.3 is 14.4 Å². The van der Waals surface area contributed by atoms with E-state index in [1.807, 2.05) is 68.5 Å². The van der Waals surface area contributed by atoms with E-state index in [1.54, 1.807) is 30.1 Å². The van der Waals surface area contributed by atoms with Crippen LogP contribution < -0.4 is 9.47 Å². The van der Waals surface area contributed by atoms with Crippen LogP contribution in [0.15, 0.2) is 61.2 Å². The molecule has 1 atom stereocenters. The zero-order valence-electron chi connectivity index (χ0n) is 17.6. The molecule has 0 fully saturated rings. The fraction of sp³-hybridized carbons (Fsp3) is 0.261. The van der Waals surface area contributed by atoms with Gasteiger partial charge in [-0.05, 0) is 49.2 Å². The highest BCUT2D eigenvalue weighted by molar-refractivity contribution is 5.78. The van der Waals surface area contributed by atoms with E-state index in [0.717, 1.165) is 16.8 Å². The number of benzene rings is 2. The molecule has 0 saturated carbocycles. The van der Waals surface area contributed by atoms with Crippen LogP contribution in [-0.2, 0) is 4.79 Å². The second-order valence-corrected chi connectivity index (χ2v) is 6.81. The molecular weight excluding hydrogens is 380 g/mol. The van der Waals surface area contributed by atoms with Crippen molar-refractivity contribution in [2.24, 2.45) is 0 Å². The maximum atomic E-state index is 12.7. The van der Waals surface area contributed by atoms with Gasteiger partial charge in [0.1, 0.15) is 12.7 Å². The van der Waals surface area contributed by atoms with Crippen LogP contribution in [0.3, 0.4) is 0 Å². The number of amides is 1. The fourth-order valence-corrected chi connectivity index (χ4v) is 3.03. The Hall–Kier alpha value is -3.61. The molecule has 1 heterocycles. The van der Waals surface area contributed by atoms with Crippen molar-refractivity contribution >= 4 is 12.0 Å². The van der Waals surface area contributed by atoms with E-state index < -0.39 is 0 Å². The highest BCUT2D eigenvalue weighted by atomic mass is 16.5. The maximum absolute atomic E-state index is 12.7. The van der Waals surface area contributed by atoms with Crippen LogP contribution in [0.1, 0.15) is 31.0 Å². The Morgan fingerprint density at radius 2 is 1.97 bits per heavy atom. The molecule has 0 bridgehead atoms. The number of methoxy groups -OCH3 is 1. The minimum Gasteiger partial charge on any atom is -0.493 e. The van der Waals surface area contributed by atoms with Crippen molar-refractivity contribution in [2.75, 3.05) is 20.8 Å². The van der Waals surface area contributed by atoms with Crippen LogP contribution in [0, 0.1) is 0 Å². The highest BCUT2D eigenvalue weighted by Gasteiger charge is 2.19. The number of likely N-dealkylation sites (N-methyl/N-ethyl adjacent to an activating group) is 1. The molecule has 7 heteroatoms. The lowest BCUT2D eigenvalue weighted by molar-refractivity contribution is -0.134. The van der Waals surface area contributed by atoms with Gasteiger partial charge in [-0.25, -0.2) is 9.67 Å². The van der Waals surface area contributed by atoms with Crippen molar-refractivity contribution in [3.63, 3.8) is 0 Å². The van der Waals surface area contributed by atoms with Crippen LogP contribution in [0.25, 0.3) is 11.8 Å². The number of rotatable bonds is 8. The molecule has 2 aromatic carbocycles. The average molecular weight is 406 g/mol. The van der Waals surface area contributed by atoms with Crippen molar-refractivity contribution in [2.45, 2.75) is 19.9 Å². The first kappa shape index (κ1) is 21.1. The van der Waals surface area contributed by atoms with E-state index >= 15 is 0 Å². The van der Waals surface area contributed by atoms with E-state index in [9.17, 15) is 4.79 Å². The third kappa shape index (κ3) is 4.86. The van der Waals surface area contributed by atoms with Gasteiger partial charge in [0.2, 0.25) is 0 Å². The second kappa shape index (κ2) is 9.73. The molecule has 1 amide bonds. The number of carbonyl (C=O) groups is 1. The molecule has 0 unspecified atom stereocenters. The van der Waals surface area contributed by atoms with Crippen LogP contribution >= 0.6 is 0 Å². The Balaban J connectivity index is 1.62. The summed E-state index contributed by atoms with van der Waals surface area (Å²) in [5.41, 5.74) is 2.94. The summed E-state index contributed by atoms with van der Waals surface area (Å²) in [5, 5.41) is 4.12. The monoisotopic (exact) mass is 406 g/mol. The van der Waals surface area contributed by atoms with Gasteiger partial charge in [0.05, 0.1) is 18.8 Å². The topological polar surface area (TPSA) is 69.5 Å². The van der Waals surface area contributed by atoms with Gasteiger partial charge in [-0.1, -0.05) is 30.4 Å². The van der Waals surface area contributed by atoms with Crippen LogP contribution in [0.2, 0.25) is 0 Å². The molecule has 3 rings (SSSR count). The zero-order valence-corrected chi connectivity index (χ0v) is 17.6. The summed E-state index contributed by atoms with van der Waals surface area (Å²) >= 11 is 0. The Morgan fingerprint density at radius 3 is 2.60 bits per heavy atom. The third-order valence-electron chi connectivity index (χ3n) is 4.93. The zero-order chi connectivity index (χ0) is 21.5. The molecule has 0 N–H and O–H groups in total. The van der Waals surface area contributed by atoms with Gasteiger partial charge in [0.15, 0.2) is 18.1 Å². The van der Waals surface area contributed by atoms with E-state index in [4.69, 9.17) is 9.47 Å². The predicted octanol–water partition coefficient (Wildman–Crippen LogP) is 3.91.